The van der Waals surface area contributed by atoms with E-state index < -0.39 is 0 Å². The maximum atomic E-state index is 5.85. The quantitative estimate of drug-likeness (QED) is 0.688. The molecule has 4 heteroatoms. The molecular weight excluding hydrogens is 278 g/mol. The minimum atomic E-state index is 0.743. The van der Waals surface area contributed by atoms with Crippen LogP contribution in [0.25, 0.3) is 0 Å². The minimum Gasteiger partial charge on any atom is -0.383 e. The lowest BCUT2D eigenvalue weighted by molar-refractivity contribution is 0.523. The van der Waals surface area contributed by atoms with Crippen LogP contribution in [0.3, 0.4) is 0 Å². The van der Waals surface area contributed by atoms with Crippen LogP contribution >= 0.6 is 15.9 Å². The Kier molecular flexibility index (Phi) is 7.33. The normalized spacial score (nSPS) is 10.9. The number of nitrogens with zero attached hydrogens (tertiary/aromatic N) is 2. The fraction of sp³-hybridized carbons (Fsp3) is 0.769. The SMILES string of the molecule is CCCCCCCCCCn1ncc(Br)c1N. The van der Waals surface area contributed by atoms with Gasteiger partial charge < -0.3 is 5.73 Å². The molecule has 0 amide bonds. The molecule has 1 aromatic rings. The molecule has 3 nitrogen and oxygen atoms in total. The molecule has 0 unspecified atom stereocenters. The van der Waals surface area contributed by atoms with Crippen molar-refractivity contribution in [2.75, 3.05) is 5.73 Å². The maximum Gasteiger partial charge on any atom is 0.136 e. The van der Waals surface area contributed by atoms with E-state index in [0.717, 1.165) is 16.8 Å². The first-order valence-electron chi connectivity index (χ1n) is 6.72. The third-order valence-corrected chi connectivity index (χ3v) is 3.67. The van der Waals surface area contributed by atoms with Crippen molar-refractivity contribution >= 4 is 21.7 Å². The third-order valence-electron chi connectivity index (χ3n) is 3.06. The summed E-state index contributed by atoms with van der Waals surface area (Å²) in [5.74, 6) is 0.743. The van der Waals surface area contributed by atoms with Gasteiger partial charge in [-0.15, -0.1) is 0 Å². The van der Waals surface area contributed by atoms with Crippen molar-refractivity contribution in [1.29, 1.82) is 0 Å². The summed E-state index contributed by atoms with van der Waals surface area (Å²) in [4.78, 5) is 0. The molecule has 1 heterocycles. The predicted octanol–water partition coefficient (Wildman–Crippen LogP) is 4.37. The van der Waals surface area contributed by atoms with Gasteiger partial charge in [-0.1, -0.05) is 51.9 Å². The van der Waals surface area contributed by atoms with Gasteiger partial charge in [0.1, 0.15) is 5.82 Å². The van der Waals surface area contributed by atoms with Crippen molar-refractivity contribution in [2.45, 2.75) is 64.8 Å². The molecule has 0 aliphatic rings. The molecule has 0 saturated carbocycles. The van der Waals surface area contributed by atoms with Crippen LogP contribution in [-0.2, 0) is 6.54 Å². The number of aryl methyl sites for hydroxylation is 1. The first kappa shape index (κ1) is 14.6. The van der Waals surface area contributed by atoms with Crippen molar-refractivity contribution in [3.63, 3.8) is 0 Å². The summed E-state index contributed by atoms with van der Waals surface area (Å²) in [7, 11) is 0. The largest absolute Gasteiger partial charge is 0.383 e. The molecule has 0 atom stereocenters. The van der Waals surface area contributed by atoms with Gasteiger partial charge in [-0.2, -0.15) is 5.10 Å². The summed E-state index contributed by atoms with van der Waals surface area (Å²) in [6.07, 6.45) is 12.4. The molecule has 0 bridgehead atoms. The van der Waals surface area contributed by atoms with Gasteiger partial charge in [0.05, 0.1) is 10.7 Å². The number of nitrogens with two attached hydrogens (primary N) is 1. The van der Waals surface area contributed by atoms with E-state index in [1.54, 1.807) is 6.20 Å². The van der Waals surface area contributed by atoms with E-state index in [4.69, 9.17) is 5.73 Å². The van der Waals surface area contributed by atoms with Crippen molar-refractivity contribution in [1.82, 2.24) is 9.78 Å². The number of unbranched alkanes of at least 4 members (excludes halogenated alkanes) is 7. The van der Waals surface area contributed by atoms with Crippen LogP contribution in [0.5, 0.6) is 0 Å². The molecule has 98 valence electrons. The van der Waals surface area contributed by atoms with Crippen LogP contribution in [0.2, 0.25) is 0 Å². The number of halogens is 1. The van der Waals surface area contributed by atoms with E-state index in [0.29, 0.717) is 0 Å². The van der Waals surface area contributed by atoms with Gasteiger partial charge in [0.2, 0.25) is 0 Å². The molecule has 1 aromatic heterocycles. The average Bonchev–Trinajstić information content (AvgIpc) is 2.64. The predicted molar refractivity (Wildman–Crippen MR) is 76.9 cm³/mol. The summed E-state index contributed by atoms with van der Waals surface area (Å²) < 4.78 is 2.78. The zero-order valence-electron chi connectivity index (χ0n) is 10.8. The van der Waals surface area contributed by atoms with Gasteiger partial charge in [0, 0.05) is 6.54 Å². The molecule has 0 fully saturated rings. The summed E-state index contributed by atoms with van der Waals surface area (Å²) in [6.45, 7) is 3.19. The van der Waals surface area contributed by atoms with Crippen LogP contribution in [0, 0.1) is 0 Å². The smallest absolute Gasteiger partial charge is 0.136 e. The summed E-state index contributed by atoms with van der Waals surface area (Å²) in [6, 6.07) is 0. The molecule has 0 spiro atoms. The monoisotopic (exact) mass is 301 g/mol. The molecule has 17 heavy (non-hydrogen) atoms. The van der Waals surface area contributed by atoms with Crippen molar-refractivity contribution in [3.8, 4) is 0 Å². The van der Waals surface area contributed by atoms with E-state index in [-0.39, 0.29) is 0 Å². The number of rotatable bonds is 9. The second-order valence-corrected chi connectivity index (χ2v) is 5.43. The highest BCUT2D eigenvalue weighted by Crippen LogP contribution is 2.18. The van der Waals surface area contributed by atoms with Crippen molar-refractivity contribution in [3.05, 3.63) is 10.7 Å². The van der Waals surface area contributed by atoms with Crippen molar-refractivity contribution < 1.29 is 0 Å². The van der Waals surface area contributed by atoms with Crippen LogP contribution in [0.4, 0.5) is 5.82 Å². The first-order valence-corrected chi connectivity index (χ1v) is 7.51. The lowest BCUT2D eigenvalue weighted by Crippen LogP contribution is -2.04. The molecule has 2 N–H and O–H groups in total. The maximum absolute atomic E-state index is 5.85. The van der Waals surface area contributed by atoms with Crippen LogP contribution in [0.1, 0.15) is 58.3 Å². The molecule has 0 aliphatic carbocycles. The highest BCUT2D eigenvalue weighted by Gasteiger charge is 2.03. The molecule has 0 aliphatic heterocycles. The zero-order valence-corrected chi connectivity index (χ0v) is 12.4. The second kappa shape index (κ2) is 8.56. The van der Waals surface area contributed by atoms with E-state index in [1.165, 1.54) is 51.4 Å². The van der Waals surface area contributed by atoms with Gasteiger partial charge in [0.25, 0.3) is 0 Å². The van der Waals surface area contributed by atoms with Crippen LogP contribution in [0.15, 0.2) is 10.7 Å². The first-order chi connectivity index (χ1) is 8.25. The summed E-state index contributed by atoms with van der Waals surface area (Å²) >= 11 is 3.37. The van der Waals surface area contributed by atoms with Crippen molar-refractivity contribution in [2.24, 2.45) is 0 Å². The van der Waals surface area contributed by atoms with E-state index in [1.807, 2.05) is 4.68 Å². The number of nitrogen functional groups attached to an aromatic ring is 1. The topological polar surface area (TPSA) is 43.8 Å². The molecular formula is C13H24BrN3. The van der Waals surface area contributed by atoms with E-state index in [2.05, 4.69) is 28.0 Å². The van der Waals surface area contributed by atoms with Crippen LogP contribution in [-0.4, -0.2) is 9.78 Å². The van der Waals surface area contributed by atoms with E-state index in [9.17, 15) is 0 Å². The second-order valence-electron chi connectivity index (χ2n) is 4.58. The Morgan fingerprint density at radius 1 is 1.12 bits per heavy atom. The molecule has 0 aromatic carbocycles. The molecule has 1 rings (SSSR count). The van der Waals surface area contributed by atoms with E-state index >= 15 is 0 Å². The van der Waals surface area contributed by atoms with Gasteiger partial charge in [-0.3, -0.25) is 0 Å². The van der Waals surface area contributed by atoms with Crippen LogP contribution < -0.4 is 5.73 Å². The third kappa shape index (κ3) is 5.57. The molecule has 0 radical (unpaired) electrons. The zero-order chi connectivity index (χ0) is 12.5. The van der Waals surface area contributed by atoms with Gasteiger partial charge >= 0.3 is 0 Å². The minimum absolute atomic E-state index is 0.743. The molecule has 0 saturated heterocycles. The number of anilines is 1. The number of hydrogen-bond acceptors (Lipinski definition) is 2. The Labute approximate surface area is 113 Å². The lowest BCUT2D eigenvalue weighted by atomic mass is 10.1. The fourth-order valence-corrected chi connectivity index (χ4v) is 2.24. The Morgan fingerprint density at radius 2 is 1.71 bits per heavy atom. The summed E-state index contributed by atoms with van der Waals surface area (Å²) in [5.41, 5.74) is 5.85. The Bertz CT molecular complexity index is 310. The summed E-state index contributed by atoms with van der Waals surface area (Å²) in [5, 5.41) is 4.22. The Morgan fingerprint density at radius 3 is 2.24 bits per heavy atom. The Hall–Kier alpha value is -0.510. The van der Waals surface area contributed by atoms with Gasteiger partial charge in [-0.25, -0.2) is 4.68 Å². The highest BCUT2D eigenvalue weighted by atomic mass is 79.9. The lowest BCUT2D eigenvalue weighted by Gasteiger charge is -2.04. The number of hydrogen-bond donors (Lipinski definition) is 1. The standard InChI is InChI=1S/C13H24BrN3/c1-2-3-4-5-6-7-8-9-10-17-13(15)12(14)11-16-17/h11H,2-10,15H2,1H3. The average molecular weight is 302 g/mol. The fourth-order valence-electron chi connectivity index (χ4n) is 1.95. The van der Waals surface area contributed by atoms with Gasteiger partial charge in [0.15, 0.2) is 0 Å². The highest BCUT2D eigenvalue weighted by molar-refractivity contribution is 9.10. The van der Waals surface area contributed by atoms with Gasteiger partial charge in [-0.05, 0) is 22.4 Å². The number of aromatic nitrogens is 2. The Balaban J connectivity index is 1.99.